The van der Waals surface area contributed by atoms with Crippen LogP contribution in [0.1, 0.15) is 27.0 Å². The standard InChI is InChI=1S/C15H10BrFN2O3S/c1-8-7-23-14(19-8)11(5-18)13(20)6-22-15(21)10-4-9(17)2-3-12(10)16/h2-4,7,11H,6H2,1H3/t11-/m1/s1. The lowest BCUT2D eigenvalue weighted by Gasteiger charge is -2.08. The van der Waals surface area contributed by atoms with E-state index in [2.05, 4.69) is 20.9 Å². The molecule has 0 bridgehead atoms. The molecular weight excluding hydrogens is 387 g/mol. The van der Waals surface area contributed by atoms with Crippen molar-refractivity contribution < 1.29 is 18.7 Å². The molecular formula is C15H10BrFN2O3S. The monoisotopic (exact) mass is 396 g/mol. The summed E-state index contributed by atoms with van der Waals surface area (Å²) in [6.07, 6.45) is 0. The number of thiazole rings is 1. The van der Waals surface area contributed by atoms with Gasteiger partial charge < -0.3 is 4.74 Å². The molecule has 1 aromatic heterocycles. The molecule has 0 aliphatic carbocycles. The van der Waals surface area contributed by atoms with E-state index < -0.39 is 30.1 Å². The Morgan fingerprint density at radius 2 is 2.26 bits per heavy atom. The highest BCUT2D eigenvalue weighted by Gasteiger charge is 2.25. The van der Waals surface area contributed by atoms with E-state index in [1.165, 1.54) is 23.5 Å². The number of carbonyl (C=O) groups excluding carboxylic acids is 2. The van der Waals surface area contributed by atoms with Gasteiger partial charge in [0.15, 0.2) is 18.3 Å². The van der Waals surface area contributed by atoms with Crippen LogP contribution in [0, 0.1) is 24.1 Å². The summed E-state index contributed by atoms with van der Waals surface area (Å²) in [6, 6.07) is 5.40. The van der Waals surface area contributed by atoms with Crippen LogP contribution in [0.3, 0.4) is 0 Å². The van der Waals surface area contributed by atoms with Crippen molar-refractivity contribution in [1.29, 1.82) is 5.26 Å². The van der Waals surface area contributed by atoms with Crippen LogP contribution in [0.5, 0.6) is 0 Å². The Hall–Kier alpha value is -2.11. The van der Waals surface area contributed by atoms with E-state index in [-0.39, 0.29) is 5.56 Å². The van der Waals surface area contributed by atoms with Gasteiger partial charge in [-0.05, 0) is 41.1 Å². The average Bonchev–Trinajstić information content (AvgIpc) is 2.94. The van der Waals surface area contributed by atoms with Crippen LogP contribution in [0.25, 0.3) is 0 Å². The Balaban J connectivity index is 2.05. The molecule has 1 aromatic carbocycles. The first kappa shape index (κ1) is 17.2. The van der Waals surface area contributed by atoms with Crippen molar-refractivity contribution in [1.82, 2.24) is 4.98 Å². The second-order valence-electron chi connectivity index (χ2n) is 4.56. The van der Waals surface area contributed by atoms with Gasteiger partial charge in [0.1, 0.15) is 10.8 Å². The Bertz CT molecular complexity index is 800. The van der Waals surface area contributed by atoms with Crippen molar-refractivity contribution in [3.63, 3.8) is 0 Å². The fourth-order valence-corrected chi connectivity index (χ4v) is 2.99. The number of hydrogen-bond donors (Lipinski definition) is 0. The van der Waals surface area contributed by atoms with Crippen molar-refractivity contribution in [3.8, 4) is 6.07 Å². The molecule has 2 rings (SSSR count). The minimum Gasteiger partial charge on any atom is -0.454 e. The summed E-state index contributed by atoms with van der Waals surface area (Å²) >= 11 is 4.30. The number of carbonyl (C=O) groups is 2. The van der Waals surface area contributed by atoms with E-state index in [9.17, 15) is 14.0 Å². The maximum Gasteiger partial charge on any atom is 0.339 e. The van der Waals surface area contributed by atoms with Crippen molar-refractivity contribution >= 4 is 39.0 Å². The van der Waals surface area contributed by atoms with E-state index in [0.29, 0.717) is 15.2 Å². The zero-order valence-corrected chi connectivity index (χ0v) is 14.3. The zero-order chi connectivity index (χ0) is 17.0. The summed E-state index contributed by atoms with van der Waals surface area (Å²) in [6.45, 7) is 1.17. The molecule has 0 spiro atoms. The first-order valence-corrected chi connectivity index (χ1v) is 8.06. The molecule has 0 amide bonds. The summed E-state index contributed by atoms with van der Waals surface area (Å²) in [5.74, 6) is -3.11. The zero-order valence-electron chi connectivity index (χ0n) is 11.9. The second-order valence-corrected chi connectivity index (χ2v) is 6.30. The molecule has 118 valence electrons. The van der Waals surface area contributed by atoms with Gasteiger partial charge in [-0.2, -0.15) is 5.26 Å². The predicted octanol–water partition coefficient (Wildman–Crippen LogP) is 3.39. The number of nitriles is 1. The van der Waals surface area contributed by atoms with Crippen LogP contribution in [-0.4, -0.2) is 23.3 Å². The van der Waals surface area contributed by atoms with Gasteiger partial charge >= 0.3 is 5.97 Å². The maximum absolute atomic E-state index is 13.2. The number of Topliss-reactive ketones (excluding diaryl/α,β-unsaturated/α-hetero) is 1. The first-order valence-electron chi connectivity index (χ1n) is 6.39. The molecule has 1 atom stereocenters. The van der Waals surface area contributed by atoms with Crippen LogP contribution < -0.4 is 0 Å². The van der Waals surface area contributed by atoms with Crippen molar-refractivity contribution in [2.45, 2.75) is 12.8 Å². The van der Waals surface area contributed by atoms with Crippen LogP contribution >= 0.6 is 27.3 Å². The average molecular weight is 397 g/mol. The number of aromatic nitrogens is 1. The molecule has 0 unspecified atom stereocenters. The van der Waals surface area contributed by atoms with Gasteiger partial charge in [-0.1, -0.05) is 0 Å². The first-order chi connectivity index (χ1) is 10.9. The molecule has 0 saturated carbocycles. The van der Waals surface area contributed by atoms with Gasteiger partial charge in [-0.3, -0.25) is 4.79 Å². The van der Waals surface area contributed by atoms with Gasteiger partial charge in [0.25, 0.3) is 0 Å². The van der Waals surface area contributed by atoms with Crippen LogP contribution in [-0.2, 0) is 9.53 Å². The topological polar surface area (TPSA) is 80.0 Å². The molecule has 23 heavy (non-hydrogen) atoms. The maximum atomic E-state index is 13.2. The van der Waals surface area contributed by atoms with Crippen molar-refractivity contribution in [2.24, 2.45) is 0 Å². The van der Waals surface area contributed by atoms with Gasteiger partial charge in [-0.15, -0.1) is 11.3 Å². The lowest BCUT2D eigenvalue weighted by molar-refractivity contribution is -0.122. The van der Waals surface area contributed by atoms with Gasteiger partial charge in [0.2, 0.25) is 0 Å². The summed E-state index contributed by atoms with van der Waals surface area (Å²) < 4.78 is 18.4. The normalized spacial score (nSPS) is 11.6. The summed E-state index contributed by atoms with van der Waals surface area (Å²) in [5.41, 5.74) is 0.676. The van der Waals surface area contributed by atoms with E-state index in [1.807, 2.05) is 6.07 Å². The third-order valence-corrected chi connectivity index (χ3v) is 4.55. The van der Waals surface area contributed by atoms with E-state index >= 15 is 0 Å². The number of hydrogen-bond acceptors (Lipinski definition) is 6. The Kier molecular flexibility index (Phi) is 5.58. The number of nitrogens with zero attached hydrogens (tertiary/aromatic N) is 2. The number of ether oxygens (including phenoxy) is 1. The quantitative estimate of drug-likeness (QED) is 0.723. The Labute approximate surface area is 143 Å². The van der Waals surface area contributed by atoms with Gasteiger partial charge in [0.05, 0.1) is 11.6 Å². The van der Waals surface area contributed by atoms with Gasteiger partial charge in [-0.25, -0.2) is 14.2 Å². The smallest absolute Gasteiger partial charge is 0.339 e. The minimum absolute atomic E-state index is 0.0311. The molecule has 0 aliphatic rings. The second kappa shape index (κ2) is 7.44. The van der Waals surface area contributed by atoms with E-state index in [4.69, 9.17) is 10.00 Å². The number of benzene rings is 1. The van der Waals surface area contributed by atoms with E-state index in [1.54, 1.807) is 12.3 Å². The largest absolute Gasteiger partial charge is 0.454 e. The summed E-state index contributed by atoms with van der Waals surface area (Å²) in [7, 11) is 0. The third kappa shape index (κ3) is 4.21. The van der Waals surface area contributed by atoms with Gasteiger partial charge in [0, 0.05) is 15.5 Å². The molecule has 0 aliphatic heterocycles. The molecule has 0 saturated heterocycles. The molecule has 2 aromatic rings. The number of aryl methyl sites for hydroxylation is 1. The Morgan fingerprint density at radius 1 is 1.52 bits per heavy atom. The summed E-state index contributed by atoms with van der Waals surface area (Å²) in [5, 5.41) is 11.2. The highest BCUT2D eigenvalue weighted by Crippen LogP contribution is 2.22. The highest BCUT2D eigenvalue weighted by atomic mass is 79.9. The van der Waals surface area contributed by atoms with Crippen LogP contribution in [0.2, 0.25) is 0 Å². The van der Waals surface area contributed by atoms with Crippen LogP contribution in [0.15, 0.2) is 28.1 Å². The molecule has 8 heteroatoms. The minimum atomic E-state index is -1.09. The number of halogens is 2. The summed E-state index contributed by atoms with van der Waals surface area (Å²) in [4.78, 5) is 28.1. The fourth-order valence-electron chi connectivity index (χ4n) is 1.72. The lowest BCUT2D eigenvalue weighted by Crippen LogP contribution is -2.20. The molecule has 0 radical (unpaired) electrons. The fraction of sp³-hybridized carbons (Fsp3) is 0.200. The molecule has 1 heterocycles. The van der Waals surface area contributed by atoms with Crippen molar-refractivity contribution in [3.05, 3.63) is 50.1 Å². The molecule has 5 nitrogen and oxygen atoms in total. The number of esters is 1. The molecule has 0 fully saturated rings. The predicted molar refractivity (Wildman–Crippen MR) is 84.6 cm³/mol. The lowest BCUT2D eigenvalue weighted by atomic mass is 10.1. The number of ketones is 1. The SMILES string of the molecule is Cc1csc([C@H](C#N)C(=O)COC(=O)c2cc(F)ccc2Br)n1. The third-order valence-electron chi connectivity index (χ3n) is 2.83. The van der Waals surface area contributed by atoms with E-state index in [0.717, 1.165) is 6.07 Å². The molecule has 0 N–H and O–H groups in total. The Morgan fingerprint density at radius 3 is 2.87 bits per heavy atom. The number of rotatable bonds is 5. The highest BCUT2D eigenvalue weighted by molar-refractivity contribution is 9.10. The van der Waals surface area contributed by atoms with Crippen molar-refractivity contribution in [2.75, 3.05) is 6.61 Å². The van der Waals surface area contributed by atoms with Crippen LogP contribution in [0.4, 0.5) is 4.39 Å².